The first-order valence-electron chi connectivity index (χ1n) is 8.96. The summed E-state index contributed by atoms with van der Waals surface area (Å²) in [7, 11) is 0. The zero-order valence-corrected chi connectivity index (χ0v) is 13.0. The fourth-order valence-corrected chi connectivity index (χ4v) is 3.99. The Hall–Kier alpha value is -0.770. The van der Waals surface area contributed by atoms with Gasteiger partial charge in [-0.05, 0) is 62.7 Å². The zero-order chi connectivity index (χ0) is 14.7. The van der Waals surface area contributed by atoms with Gasteiger partial charge < -0.3 is 15.7 Å². The van der Waals surface area contributed by atoms with Gasteiger partial charge in [0.05, 0.1) is 0 Å². The van der Waals surface area contributed by atoms with Crippen LogP contribution in [-0.4, -0.2) is 29.8 Å². The van der Waals surface area contributed by atoms with Crippen molar-refractivity contribution in [3.05, 3.63) is 0 Å². The summed E-state index contributed by atoms with van der Waals surface area (Å²) in [6.07, 6.45) is 12.1. The van der Waals surface area contributed by atoms with Crippen LogP contribution in [0.5, 0.6) is 0 Å². The summed E-state index contributed by atoms with van der Waals surface area (Å²) in [5, 5.41) is 15.7. The van der Waals surface area contributed by atoms with Gasteiger partial charge in [-0.25, -0.2) is 4.79 Å². The first kappa shape index (κ1) is 15.1. The summed E-state index contributed by atoms with van der Waals surface area (Å²) in [4.78, 5) is 12.3. The molecule has 0 aromatic heterocycles. The van der Waals surface area contributed by atoms with E-state index in [2.05, 4.69) is 10.6 Å². The molecule has 0 bridgehead atoms. The van der Waals surface area contributed by atoms with Gasteiger partial charge >= 0.3 is 6.03 Å². The lowest BCUT2D eigenvalue weighted by molar-refractivity contribution is 0.193. The van der Waals surface area contributed by atoms with Crippen molar-refractivity contribution in [1.29, 1.82) is 0 Å². The highest BCUT2D eigenvalue weighted by Gasteiger charge is 2.42. The highest BCUT2D eigenvalue weighted by molar-refractivity contribution is 5.74. The number of rotatable bonds is 7. The number of carbonyl (C=O) groups is 1. The monoisotopic (exact) mass is 294 g/mol. The lowest BCUT2D eigenvalue weighted by Crippen LogP contribution is -2.50. The predicted molar refractivity (Wildman–Crippen MR) is 83.0 cm³/mol. The Morgan fingerprint density at radius 1 is 0.905 bits per heavy atom. The molecule has 2 amide bonds. The number of hydrogen-bond donors (Lipinski definition) is 3. The van der Waals surface area contributed by atoms with E-state index in [0.29, 0.717) is 18.4 Å². The first-order chi connectivity index (χ1) is 10.3. The lowest BCUT2D eigenvalue weighted by atomic mass is 9.83. The van der Waals surface area contributed by atoms with E-state index in [4.69, 9.17) is 0 Å². The summed E-state index contributed by atoms with van der Waals surface area (Å²) in [5.41, 5.74) is 0. The van der Waals surface area contributed by atoms with Crippen LogP contribution in [0.4, 0.5) is 4.79 Å². The van der Waals surface area contributed by atoms with Crippen molar-refractivity contribution in [2.45, 2.75) is 76.3 Å². The Labute approximate surface area is 128 Å². The maximum absolute atomic E-state index is 12.3. The van der Waals surface area contributed by atoms with Crippen molar-refractivity contribution < 1.29 is 9.90 Å². The molecule has 3 rings (SSSR count). The van der Waals surface area contributed by atoms with E-state index in [1.807, 2.05) is 0 Å². The molecule has 1 unspecified atom stereocenters. The Kier molecular flexibility index (Phi) is 5.04. The molecule has 0 aliphatic heterocycles. The number of aliphatic hydroxyl groups excluding tert-OH is 1. The van der Waals surface area contributed by atoms with Crippen LogP contribution in [0.3, 0.4) is 0 Å². The van der Waals surface area contributed by atoms with E-state index in [-0.39, 0.29) is 18.7 Å². The Balaban J connectivity index is 1.50. The minimum atomic E-state index is 0.00261. The minimum Gasteiger partial charge on any atom is -0.396 e. The summed E-state index contributed by atoms with van der Waals surface area (Å²) in [6, 6.07) is 0.559. The minimum absolute atomic E-state index is 0.00261. The SMILES string of the molecule is O=C(NC(CCO)C1CCCCC1)NC(C1CC1)C1CC1. The largest absolute Gasteiger partial charge is 0.396 e. The Morgan fingerprint density at radius 2 is 1.52 bits per heavy atom. The number of amides is 2. The van der Waals surface area contributed by atoms with Gasteiger partial charge in [0, 0.05) is 18.7 Å². The third-order valence-electron chi connectivity index (χ3n) is 5.53. The highest BCUT2D eigenvalue weighted by Crippen LogP contribution is 2.44. The van der Waals surface area contributed by atoms with Gasteiger partial charge in [-0.15, -0.1) is 0 Å². The summed E-state index contributed by atoms with van der Waals surface area (Å²) in [5.74, 6) is 2.01. The van der Waals surface area contributed by atoms with Crippen LogP contribution < -0.4 is 10.6 Å². The van der Waals surface area contributed by atoms with E-state index < -0.39 is 0 Å². The van der Waals surface area contributed by atoms with Crippen molar-refractivity contribution in [1.82, 2.24) is 10.6 Å². The molecule has 0 radical (unpaired) electrons. The smallest absolute Gasteiger partial charge is 0.315 e. The van der Waals surface area contributed by atoms with E-state index in [1.54, 1.807) is 0 Å². The highest BCUT2D eigenvalue weighted by atomic mass is 16.3. The molecule has 120 valence electrons. The Bertz CT molecular complexity index is 335. The molecule has 3 aliphatic rings. The molecule has 0 aromatic carbocycles. The average Bonchev–Trinajstić information content (AvgIpc) is 3.39. The second-order valence-corrected chi connectivity index (χ2v) is 7.34. The van der Waals surface area contributed by atoms with Crippen molar-refractivity contribution in [2.75, 3.05) is 6.61 Å². The summed E-state index contributed by atoms with van der Waals surface area (Å²) in [6.45, 7) is 0.163. The first-order valence-corrected chi connectivity index (χ1v) is 8.96. The van der Waals surface area contributed by atoms with Gasteiger partial charge in [-0.3, -0.25) is 0 Å². The van der Waals surface area contributed by atoms with Gasteiger partial charge in [-0.1, -0.05) is 19.3 Å². The number of carbonyl (C=O) groups excluding carboxylic acids is 1. The van der Waals surface area contributed by atoms with E-state index in [1.165, 1.54) is 57.8 Å². The molecular weight excluding hydrogens is 264 g/mol. The van der Waals surface area contributed by atoms with Crippen molar-refractivity contribution in [3.8, 4) is 0 Å². The fraction of sp³-hybridized carbons (Fsp3) is 0.941. The molecule has 0 spiro atoms. The van der Waals surface area contributed by atoms with Crippen molar-refractivity contribution >= 4 is 6.03 Å². The topological polar surface area (TPSA) is 61.4 Å². The van der Waals surface area contributed by atoms with Crippen LogP contribution in [-0.2, 0) is 0 Å². The molecule has 0 saturated heterocycles. The van der Waals surface area contributed by atoms with E-state index in [0.717, 1.165) is 11.8 Å². The zero-order valence-electron chi connectivity index (χ0n) is 13.0. The molecule has 4 heteroatoms. The lowest BCUT2D eigenvalue weighted by Gasteiger charge is -2.31. The molecule has 3 N–H and O–H groups in total. The Morgan fingerprint density at radius 3 is 2.05 bits per heavy atom. The molecule has 3 saturated carbocycles. The van der Waals surface area contributed by atoms with Gasteiger partial charge in [0.25, 0.3) is 0 Å². The van der Waals surface area contributed by atoms with Crippen LogP contribution in [0.2, 0.25) is 0 Å². The van der Waals surface area contributed by atoms with Crippen molar-refractivity contribution in [3.63, 3.8) is 0 Å². The third kappa shape index (κ3) is 4.35. The maximum Gasteiger partial charge on any atom is 0.315 e. The van der Waals surface area contributed by atoms with Crippen LogP contribution in [0, 0.1) is 17.8 Å². The molecule has 3 aliphatic carbocycles. The summed E-state index contributed by atoms with van der Waals surface area (Å²) >= 11 is 0. The number of nitrogens with one attached hydrogen (secondary N) is 2. The van der Waals surface area contributed by atoms with Gasteiger partial charge in [0.15, 0.2) is 0 Å². The number of urea groups is 1. The van der Waals surface area contributed by atoms with Crippen molar-refractivity contribution in [2.24, 2.45) is 17.8 Å². The molecule has 21 heavy (non-hydrogen) atoms. The fourth-order valence-electron chi connectivity index (χ4n) is 3.99. The number of hydrogen-bond acceptors (Lipinski definition) is 2. The van der Waals surface area contributed by atoms with E-state index >= 15 is 0 Å². The van der Waals surface area contributed by atoms with Crippen LogP contribution in [0.25, 0.3) is 0 Å². The second kappa shape index (κ2) is 6.99. The van der Waals surface area contributed by atoms with Crippen LogP contribution in [0.15, 0.2) is 0 Å². The van der Waals surface area contributed by atoms with Gasteiger partial charge in [0.2, 0.25) is 0 Å². The molecule has 0 heterocycles. The molecule has 3 fully saturated rings. The van der Waals surface area contributed by atoms with Gasteiger partial charge in [-0.2, -0.15) is 0 Å². The molecular formula is C17H30N2O2. The maximum atomic E-state index is 12.3. The normalized spacial score (nSPS) is 24.9. The standard InChI is InChI=1S/C17H30N2O2/c20-11-10-15(12-4-2-1-3-5-12)18-17(21)19-16(13-6-7-13)14-8-9-14/h12-16,20H,1-11H2,(H2,18,19,21). The predicted octanol–water partition coefficient (Wildman–Crippen LogP) is 2.81. The number of aliphatic hydroxyl groups is 1. The van der Waals surface area contributed by atoms with Crippen LogP contribution in [0.1, 0.15) is 64.2 Å². The average molecular weight is 294 g/mol. The summed E-state index contributed by atoms with van der Waals surface area (Å²) < 4.78 is 0. The second-order valence-electron chi connectivity index (χ2n) is 7.34. The molecule has 0 aromatic rings. The van der Waals surface area contributed by atoms with E-state index in [9.17, 15) is 9.90 Å². The van der Waals surface area contributed by atoms with Gasteiger partial charge in [0.1, 0.15) is 0 Å². The van der Waals surface area contributed by atoms with Crippen LogP contribution >= 0.6 is 0 Å². The third-order valence-corrected chi connectivity index (χ3v) is 5.53. The molecule has 1 atom stereocenters. The molecule has 4 nitrogen and oxygen atoms in total. The quantitative estimate of drug-likeness (QED) is 0.676.